The molecule has 76 valence electrons. The fraction of sp³-hybridized carbons (Fsp3) is 0.667. The largest absolute Gasteiger partial charge is 0.512 e. The monoisotopic (exact) mass is 204 g/mol. The first-order valence-electron chi connectivity index (χ1n) is 4.28. The molecule has 0 bridgehead atoms. The van der Waals surface area contributed by atoms with Crippen molar-refractivity contribution in [1.29, 1.82) is 5.41 Å². The number of rotatable bonds is 5. The second kappa shape index (κ2) is 5.86. The van der Waals surface area contributed by atoms with Gasteiger partial charge < -0.3 is 10.8 Å². The second-order valence-electron chi connectivity index (χ2n) is 3.35. The molecule has 13 heavy (non-hydrogen) atoms. The lowest BCUT2D eigenvalue weighted by Gasteiger charge is -2.08. The molecule has 0 saturated carbocycles. The summed E-state index contributed by atoms with van der Waals surface area (Å²) in [7, 11) is 0. The van der Waals surface area contributed by atoms with Crippen molar-refractivity contribution in [1.82, 2.24) is 0 Å². The standard InChI is InChI=1S/C9H17ClN2O/c1-6(3-7(2)10)4-8(13)5-9(11)12/h4,6-7,13H,3,5H2,1-2H3,(H3,11,12)/b8-4+. The average molecular weight is 205 g/mol. The highest BCUT2D eigenvalue weighted by Crippen LogP contribution is 2.13. The number of aliphatic hydroxyl groups is 1. The van der Waals surface area contributed by atoms with Crippen LogP contribution in [0.2, 0.25) is 0 Å². The van der Waals surface area contributed by atoms with Crippen molar-refractivity contribution in [2.24, 2.45) is 11.7 Å². The number of hydrogen-bond donors (Lipinski definition) is 3. The molecule has 0 heterocycles. The van der Waals surface area contributed by atoms with Crippen LogP contribution in [0.1, 0.15) is 26.7 Å². The molecule has 0 aromatic carbocycles. The minimum absolute atomic E-state index is 0.0279. The predicted molar refractivity (Wildman–Crippen MR) is 56.3 cm³/mol. The van der Waals surface area contributed by atoms with Crippen molar-refractivity contribution < 1.29 is 5.11 Å². The summed E-state index contributed by atoms with van der Waals surface area (Å²) in [5, 5.41) is 16.4. The second-order valence-corrected chi connectivity index (χ2v) is 4.10. The SMILES string of the molecule is CC(Cl)CC(C)/C=C(/O)CC(=N)N. The number of halogens is 1. The van der Waals surface area contributed by atoms with Crippen LogP contribution in [-0.2, 0) is 0 Å². The number of nitrogens with one attached hydrogen (secondary N) is 1. The number of alkyl halides is 1. The van der Waals surface area contributed by atoms with Gasteiger partial charge in [-0.25, -0.2) is 0 Å². The highest BCUT2D eigenvalue weighted by atomic mass is 35.5. The van der Waals surface area contributed by atoms with E-state index in [9.17, 15) is 5.11 Å². The van der Waals surface area contributed by atoms with E-state index < -0.39 is 0 Å². The summed E-state index contributed by atoms with van der Waals surface area (Å²) in [5.74, 6) is 0.337. The third-order valence-corrected chi connectivity index (χ3v) is 1.72. The van der Waals surface area contributed by atoms with Crippen LogP contribution >= 0.6 is 11.6 Å². The third-order valence-electron chi connectivity index (χ3n) is 1.55. The number of hydrogen-bond acceptors (Lipinski definition) is 2. The first kappa shape index (κ1) is 12.3. The molecule has 0 radical (unpaired) electrons. The minimum Gasteiger partial charge on any atom is -0.512 e. The summed E-state index contributed by atoms with van der Waals surface area (Å²) < 4.78 is 0. The van der Waals surface area contributed by atoms with E-state index in [-0.39, 0.29) is 29.3 Å². The number of amidine groups is 1. The number of allylic oxidation sites excluding steroid dienone is 1. The molecular weight excluding hydrogens is 188 g/mol. The van der Waals surface area contributed by atoms with Crippen molar-refractivity contribution in [3.8, 4) is 0 Å². The Labute approximate surface area is 84.1 Å². The smallest absolute Gasteiger partial charge is 0.0981 e. The van der Waals surface area contributed by atoms with Crippen molar-refractivity contribution in [3.63, 3.8) is 0 Å². The normalized spacial score (nSPS) is 16.7. The van der Waals surface area contributed by atoms with Crippen molar-refractivity contribution in [2.45, 2.75) is 32.1 Å². The van der Waals surface area contributed by atoms with Gasteiger partial charge in [-0.1, -0.05) is 6.92 Å². The number of aliphatic hydroxyl groups excluding tert-OH is 1. The fourth-order valence-electron chi connectivity index (χ4n) is 1.16. The zero-order chi connectivity index (χ0) is 10.4. The average Bonchev–Trinajstić information content (AvgIpc) is 1.80. The Morgan fingerprint density at radius 1 is 1.62 bits per heavy atom. The maximum Gasteiger partial charge on any atom is 0.0981 e. The summed E-state index contributed by atoms with van der Waals surface area (Å²) in [6.07, 6.45) is 2.63. The molecular formula is C9H17ClN2O. The lowest BCUT2D eigenvalue weighted by atomic mass is 10.0. The van der Waals surface area contributed by atoms with Crippen molar-refractivity contribution in [3.05, 3.63) is 11.8 Å². The molecule has 2 atom stereocenters. The molecule has 2 unspecified atom stereocenters. The molecule has 0 aromatic rings. The summed E-state index contributed by atoms with van der Waals surface area (Å²) >= 11 is 5.78. The topological polar surface area (TPSA) is 70.1 Å². The van der Waals surface area contributed by atoms with E-state index >= 15 is 0 Å². The Hall–Kier alpha value is -0.700. The van der Waals surface area contributed by atoms with Gasteiger partial charge in [-0.2, -0.15) is 0 Å². The van der Waals surface area contributed by atoms with Crippen LogP contribution in [0.3, 0.4) is 0 Å². The maximum atomic E-state index is 9.30. The molecule has 4 N–H and O–H groups in total. The molecule has 0 aliphatic rings. The van der Waals surface area contributed by atoms with Gasteiger partial charge in [0, 0.05) is 5.38 Å². The van der Waals surface area contributed by atoms with E-state index in [0.29, 0.717) is 0 Å². The quantitative estimate of drug-likeness (QED) is 0.279. The Balaban J connectivity index is 3.98. The molecule has 0 fully saturated rings. The molecule has 4 heteroatoms. The number of nitrogens with two attached hydrogens (primary N) is 1. The van der Waals surface area contributed by atoms with Crippen molar-refractivity contribution >= 4 is 17.4 Å². The van der Waals surface area contributed by atoms with Gasteiger partial charge >= 0.3 is 0 Å². The maximum absolute atomic E-state index is 9.30. The third kappa shape index (κ3) is 7.65. The molecule has 0 saturated heterocycles. The summed E-state index contributed by atoms with van der Waals surface area (Å²) in [6, 6.07) is 0. The first-order valence-corrected chi connectivity index (χ1v) is 4.72. The summed E-state index contributed by atoms with van der Waals surface area (Å²) in [5.41, 5.74) is 5.13. The van der Waals surface area contributed by atoms with Gasteiger partial charge in [-0.15, -0.1) is 11.6 Å². The van der Waals surface area contributed by atoms with E-state index in [1.54, 1.807) is 6.08 Å². The van der Waals surface area contributed by atoms with Crippen LogP contribution in [0.15, 0.2) is 11.8 Å². The van der Waals surface area contributed by atoms with Crippen LogP contribution in [-0.4, -0.2) is 16.3 Å². The summed E-state index contributed by atoms with van der Waals surface area (Å²) in [4.78, 5) is 0. The van der Waals surface area contributed by atoms with Gasteiger partial charge in [0.05, 0.1) is 18.0 Å². The van der Waals surface area contributed by atoms with Gasteiger partial charge in [0.1, 0.15) is 0 Å². The van der Waals surface area contributed by atoms with Crippen molar-refractivity contribution in [2.75, 3.05) is 0 Å². The Morgan fingerprint density at radius 2 is 2.15 bits per heavy atom. The fourth-order valence-corrected chi connectivity index (χ4v) is 1.44. The van der Waals surface area contributed by atoms with Gasteiger partial charge in [0.25, 0.3) is 0 Å². The Bertz CT molecular complexity index is 202. The highest BCUT2D eigenvalue weighted by molar-refractivity contribution is 6.20. The van der Waals surface area contributed by atoms with Crippen LogP contribution in [0.4, 0.5) is 0 Å². The first-order chi connectivity index (χ1) is 5.91. The lowest BCUT2D eigenvalue weighted by molar-refractivity contribution is 0.395. The van der Waals surface area contributed by atoms with E-state index in [0.717, 1.165) is 6.42 Å². The zero-order valence-electron chi connectivity index (χ0n) is 8.05. The van der Waals surface area contributed by atoms with Gasteiger partial charge in [-0.05, 0) is 25.3 Å². The van der Waals surface area contributed by atoms with Crippen LogP contribution in [0.25, 0.3) is 0 Å². The van der Waals surface area contributed by atoms with Crippen LogP contribution in [0.5, 0.6) is 0 Å². The molecule has 0 amide bonds. The Kier molecular flexibility index (Phi) is 5.55. The predicted octanol–water partition coefficient (Wildman–Crippen LogP) is 2.41. The minimum atomic E-state index is -0.0279. The molecule has 0 aliphatic carbocycles. The molecule has 0 rings (SSSR count). The molecule has 0 spiro atoms. The summed E-state index contributed by atoms with van der Waals surface area (Å²) in [6.45, 7) is 3.88. The van der Waals surface area contributed by atoms with E-state index in [2.05, 4.69) is 0 Å². The lowest BCUT2D eigenvalue weighted by Crippen LogP contribution is -2.10. The van der Waals surface area contributed by atoms with Gasteiger partial charge in [0.2, 0.25) is 0 Å². The van der Waals surface area contributed by atoms with E-state index in [1.165, 1.54) is 0 Å². The zero-order valence-corrected chi connectivity index (χ0v) is 8.80. The molecule has 0 aromatic heterocycles. The highest BCUT2D eigenvalue weighted by Gasteiger charge is 2.05. The van der Waals surface area contributed by atoms with Gasteiger partial charge in [0.15, 0.2) is 0 Å². The molecule has 0 aliphatic heterocycles. The molecule has 3 nitrogen and oxygen atoms in total. The van der Waals surface area contributed by atoms with Crippen LogP contribution in [0, 0.1) is 11.3 Å². The van der Waals surface area contributed by atoms with E-state index in [4.69, 9.17) is 22.7 Å². The van der Waals surface area contributed by atoms with E-state index in [1.807, 2.05) is 13.8 Å². The van der Waals surface area contributed by atoms with Gasteiger partial charge in [-0.3, -0.25) is 5.41 Å². The van der Waals surface area contributed by atoms with Crippen LogP contribution < -0.4 is 5.73 Å². The Morgan fingerprint density at radius 3 is 2.54 bits per heavy atom.